The molecule has 0 spiro atoms. The van der Waals surface area contributed by atoms with Gasteiger partial charge < -0.3 is 10.4 Å². The number of carbonyl (C=O) groups excluding carboxylic acids is 1. The van der Waals surface area contributed by atoms with Crippen molar-refractivity contribution in [2.75, 3.05) is 0 Å². The highest BCUT2D eigenvalue weighted by Crippen LogP contribution is 1.99. The lowest BCUT2D eigenvalue weighted by Crippen LogP contribution is -2.28. The number of amides is 1. The number of rotatable bonds is 0. The molecular weight excluding hydrogens is 105 g/mol. The SMILES string of the molecule is [B][C@H]1NC(=O)C=C1O. The van der Waals surface area contributed by atoms with Crippen molar-refractivity contribution in [3.63, 3.8) is 0 Å². The summed E-state index contributed by atoms with van der Waals surface area (Å²) in [6.45, 7) is 0. The molecule has 2 N–H and O–H groups in total. The molecule has 0 fully saturated rings. The first-order valence-corrected chi connectivity index (χ1v) is 2.17. The van der Waals surface area contributed by atoms with Crippen molar-refractivity contribution in [3.05, 3.63) is 11.8 Å². The Morgan fingerprint density at radius 2 is 2.50 bits per heavy atom. The molecule has 1 rings (SSSR count). The maximum atomic E-state index is 10.2. The molecule has 0 saturated heterocycles. The molecule has 4 heteroatoms. The standard InChI is InChI=1S/C4H4BNO2/c5-4-2(7)1-3(8)6-4/h1,4,7H,(H,6,8)/t4-/m0/s1. The van der Waals surface area contributed by atoms with Crippen LogP contribution in [0.2, 0.25) is 0 Å². The van der Waals surface area contributed by atoms with E-state index in [0.717, 1.165) is 6.08 Å². The Morgan fingerprint density at radius 3 is 2.62 bits per heavy atom. The van der Waals surface area contributed by atoms with Crippen LogP contribution in [-0.2, 0) is 4.79 Å². The van der Waals surface area contributed by atoms with Gasteiger partial charge in [0.15, 0.2) is 0 Å². The first-order chi connectivity index (χ1) is 3.70. The van der Waals surface area contributed by atoms with Crippen LogP contribution >= 0.6 is 0 Å². The largest absolute Gasteiger partial charge is 0.511 e. The highest BCUT2D eigenvalue weighted by atomic mass is 16.3. The van der Waals surface area contributed by atoms with E-state index in [-0.39, 0.29) is 11.7 Å². The van der Waals surface area contributed by atoms with Crippen LogP contribution in [0.4, 0.5) is 0 Å². The van der Waals surface area contributed by atoms with Crippen LogP contribution in [-0.4, -0.2) is 24.8 Å². The number of hydrogen-bond acceptors (Lipinski definition) is 2. The fourth-order valence-electron chi connectivity index (χ4n) is 0.493. The molecular formula is C4H4BNO2. The monoisotopic (exact) mass is 109 g/mol. The molecule has 1 aliphatic rings. The van der Waals surface area contributed by atoms with Gasteiger partial charge in [0, 0.05) is 12.0 Å². The van der Waals surface area contributed by atoms with Crippen LogP contribution in [0.5, 0.6) is 0 Å². The topological polar surface area (TPSA) is 49.3 Å². The highest BCUT2D eigenvalue weighted by Gasteiger charge is 2.16. The quantitative estimate of drug-likeness (QED) is 0.394. The summed E-state index contributed by atoms with van der Waals surface area (Å²) in [4.78, 5) is 10.2. The third kappa shape index (κ3) is 0.687. The third-order valence-corrected chi connectivity index (χ3v) is 0.895. The molecule has 1 heterocycles. The number of nitrogens with one attached hydrogen (secondary N) is 1. The van der Waals surface area contributed by atoms with E-state index in [2.05, 4.69) is 5.32 Å². The van der Waals surface area contributed by atoms with Gasteiger partial charge in [0.25, 0.3) is 0 Å². The molecule has 3 nitrogen and oxygen atoms in total. The summed E-state index contributed by atoms with van der Waals surface area (Å²) >= 11 is 0. The van der Waals surface area contributed by atoms with Crippen molar-refractivity contribution >= 4 is 13.8 Å². The lowest BCUT2D eigenvalue weighted by Gasteiger charge is -2.00. The average molecular weight is 109 g/mol. The second kappa shape index (κ2) is 1.54. The Morgan fingerprint density at radius 1 is 1.88 bits per heavy atom. The van der Waals surface area contributed by atoms with Crippen molar-refractivity contribution in [1.29, 1.82) is 0 Å². The van der Waals surface area contributed by atoms with Crippen LogP contribution in [0.1, 0.15) is 0 Å². The minimum absolute atomic E-state index is 0.102. The fourth-order valence-corrected chi connectivity index (χ4v) is 0.493. The second-order valence-electron chi connectivity index (χ2n) is 1.56. The first kappa shape index (κ1) is 5.22. The van der Waals surface area contributed by atoms with E-state index in [1.807, 2.05) is 0 Å². The maximum absolute atomic E-state index is 10.2. The minimum atomic E-state index is -0.692. The van der Waals surface area contributed by atoms with Gasteiger partial charge in [-0.2, -0.15) is 0 Å². The summed E-state index contributed by atoms with van der Waals surface area (Å²) in [5.74, 6) is -1.13. The molecule has 8 heavy (non-hydrogen) atoms. The van der Waals surface area contributed by atoms with E-state index in [9.17, 15) is 4.79 Å². The molecule has 0 aromatic rings. The summed E-state index contributed by atoms with van der Waals surface area (Å²) in [5, 5.41) is 10.9. The van der Waals surface area contributed by atoms with Crippen LogP contribution in [0, 0.1) is 0 Å². The lowest BCUT2D eigenvalue weighted by molar-refractivity contribution is -0.115. The van der Waals surface area contributed by atoms with Gasteiger partial charge in [-0.25, -0.2) is 0 Å². The Labute approximate surface area is 47.8 Å². The number of hydrogen-bond donors (Lipinski definition) is 2. The van der Waals surface area contributed by atoms with Gasteiger partial charge in [-0.05, 0) is 0 Å². The zero-order valence-electron chi connectivity index (χ0n) is 4.09. The van der Waals surface area contributed by atoms with Gasteiger partial charge >= 0.3 is 0 Å². The number of carbonyl (C=O) groups is 1. The van der Waals surface area contributed by atoms with E-state index in [0.29, 0.717) is 0 Å². The van der Waals surface area contributed by atoms with Gasteiger partial charge in [0.1, 0.15) is 13.6 Å². The summed E-state index contributed by atoms with van der Waals surface area (Å²) < 4.78 is 0. The molecule has 0 unspecified atom stereocenters. The molecule has 0 bridgehead atoms. The minimum Gasteiger partial charge on any atom is -0.511 e. The van der Waals surface area contributed by atoms with Gasteiger partial charge in [-0.1, -0.05) is 0 Å². The second-order valence-corrected chi connectivity index (χ2v) is 1.56. The molecule has 2 radical (unpaired) electrons. The van der Waals surface area contributed by atoms with E-state index >= 15 is 0 Å². The Kier molecular flexibility index (Phi) is 1.01. The Hall–Kier alpha value is -0.925. The third-order valence-electron chi connectivity index (χ3n) is 0.895. The number of aliphatic hydroxyl groups excluding tert-OH is 1. The van der Waals surface area contributed by atoms with E-state index in [1.165, 1.54) is 0 Å². The molecule has 0 saturated carbocycles. The normalized spacial score (nSPS) is 27.2. The van der Waals surface area contributed by atoms with Gasteiger partial charge in [-0.15, -0.1) is 0 Å². The predicted octanol–water partition coefficient (Wildman–Crippen LogP) is -0.947. The maximum Gasteiger partial charge on any atom is 0.247 e. The van der Waals surface area contributed by atoms with Crippen molar-refractivity contribution in [1.82, 2.24) is 5.32 Å². The van der Waals surface area contributed by atoms with Crippen LogP contribution in [0.25, 0.3) is 0 Å². The average Bonchev–Trinajstić information content (AvgIpc) is 1.85. The van der Waals surface area contributed by atoms with Crippen LogP contribution in [0.15, 0.2) is 11.8 Å². The van der Waals surface area contributed by atoms with Crippen LogP contribution in [0.3, 0.4) is 0 Å². The van der Waals surface area contributed by atoms with Crippen molar-refractivity contribution < 1.29 is 9.90 Å². The highest BCUT2D eigenvalue weighted by molar-refractivity contribution is 6.17. The first-order valence-electron chi connectivity index (χ1n) is 2.17. The summed E-state index contributed by atoms with van der Waals surface area (Å²) in [7, 11) is 5.12. The predicted molar refractivity (Wildman–Crippen MR) is 28.4 cm³/mol. The summed E-state index contributed by atoms with van der Waals surface area (Å²) in [6.07, 6.45) is 1.06. The summed E-state index contributed by atoms with van der Waals surface area (Å²) in [5.41, 5.74) is 0. The molecule has 40 valence electrons. The zero-order chi connectivity index (χ0) is 6.15. The zero-order valence-corrected chi connectivity index (χ0v) is 4.09. The smallest absolute Gasteiger partial charge is 0.247 e. The van der Waals surface area contributed by atoms with E-state index in [1.54, 1.807) is 0 Å². The lowest BCUT2D eigenvalue weighted by atomic mass is 9.97. The molecule has 0 aliphatic carbocycles. The van der Waals surface area contributed by atoms with Crippen molar-refractivity contribution in [2.24, 2.45) is 0 Å². The van der Waals surface area contributed by atoms with Gasteiger partial charge in [0.2, 0.25) is 5.91 Å². The van der Waals surface area contributed by atoms with Gasteiger partial charge in [0.05, 0.1) is 0 Å². The Balaban J connectivity index is 2.73. The Bertz CT molecular complexity index is 154. The van der Waals surface area contributed by atoms with Crippen LogP contribution < -0.4 is 5.32 Å². The van der Waals surface area contributed by atoms with Crippen molar-refractivity contribution in [2.45, 2.75) is 5.94 Å². The number of aliphatic hydroxyl groups is 1. The molecule has 0 aromatic carbocycles. The van der Waals surface area contributed by atoms with Crippen molar-refractivity contribution in [3.8, 4) is 0 Å². The van der Waals surface area contributed by atoms with Gasteiger partial charge in [-0.3, -0.25) is 4.79 Å². The molecule has 1 aliphatic heterocycles. The van der Waals surface area contributed by atoms with E-state index in [4.69, 9.17) is 13.0 Å². The van der Waals surface area contributed by atoms with E-state index < -0.39 is 5.94 Å². The fraction of sp³-hybridized carbons (Fsp3) is 0.250. The molecule has 1 atom stereocenters. The molecule has 0 aromatic heterocycles. The molecule has 1 amide bonds. The summed E-state index contributed by atoms with van der Waals surface area (Å²) in [6, 6.07) is 0.